The van der Waals surface area contributed by atoms with E-state index in [-0.39, 0.29) is 0 Å². The molecular weight excluding hydrogens is 202 g/mol. The highest BCUT2D eigenvalue weighted by molar-refractivity contribution is 4.79. The van der Waals surface area contributed by atoms with E-state index in [1.807, 2.05) is 0 Å². The van der Waals surface area contributed by atoms with Gasteiger partial charge in [-0.1, -0.05) is 13.8 Å². The van der Waals surface area contributed by atoms with Crippen LogP contribution in [0.2, 0.25) is 0 Å². The van der Waals surface area contributed by atoms with E-state index in [0.29, 0.717) is 17.6 Å². The molecule has 1 heterocycles. The second-order valence-electron chi connectivity index (χ2n) is 5.69. The summed E-state index contributed by atoms with van der Waals surface area (Å²) in [6, 6.07) is 0.630. The maximum Gasteiger partial charge on any atom is 0.0561 e. The van der Waals surface area contributed by atoms with Gasteiger partial charge in [-0.15, -0.1) is 0 Å². The Bertz CT molecular complexity index is 194. The fourth-order valence-electron chi connectivity index (χ4n) is 2.07. The molecule has 2 unspecified atom stereocenters. The lowest BCUT2D eigenvalue weighted by molar-refractivity contribution is 0.0112. The second kappa shape index (κ2) is 6.58. The lowest BCUT2D eigenvalue weighted by Crippen LogP contribution is -2.42. The molecule has 1 saturated heterocycles. The SMILES string of the molecule is COCCC(C)(C)CNC1CCOC(C)C1. The van der Waals surface area contributed by atoms with Crippen molar-refractivity contribution < 1.29 is 9.47 Å². The van der Waals surface area contributed by atoms with Crippen molar-refractivity contribution in [2.75, 3.05) is 26.9 Å². The standard InChI is InChI=1S/C13H27NO2/c1-11-9-12(5-7-16-11)14-10-13(2,3)6-8-15-4/h11-12,14H,5-10H2,1-4H3. The Kier molecular flexibility index (Phi) is 5.73. The van der Waals surface area contributed by atoms with E-state index in [2.05, 4.69) is 26.1 Å². The lowest BCUT2D eigenvalue weighted by Gasteiger charge is -2.32. The number of rotatable bonds is 6. The molecule has 0 amide bonds. The molecule has 0 aromatic heterocycles. The molecule has 1 aliphatic rings. The molecule has 0 aliphatic carbocycles. The normalized spacial score (nSPS) is 27.0. The number of nitrogens with one attached hydrogen (secondary N) is 1. The number of hydrogen-bond donors (Lipinski definition) is 1. The van der Waals surface area contributed by atoms with Gasteiger partial charge in [0.1, 0.15) is 0 Å². The summed E-state index contributed by atoms with van der Waals surface area (Å²) >= 11 is 0. The fourth-order valence-corrected chi connectivity index (χ4v) is 2.07. The van der Waals surface area contributed by atoms with Crippen LogP contribution >= 0.6 is 0 Å². The van der Waals surface area contributed by atoms with E-state index in [1.165, 1.54) is 0 Å². The van der Waals surface area contributed by atoms with Gasteiger partial charge in [0, 0.05) is 32.9 Å². The molecule has 3 heteroatoms. The van der Waals surface area contributed by atoms with Crippen LogP contribution in [0, 0.1) is 5.41 Å². The van der Waals surface area contributed by atoms with Crippen LogP contribution in [0.25, 0.3) is 0 Å². The summed E-state index contributed by atoms with van der Waals surface area (Å²) in [5.74, 6) is 0. The van der Waals surface area contributed by atoms with E-state index >= 15 is 0 Å². The maximum absolute atomic E-state index is 5.54. The van der Waals surface area contributed by atoms with Gasteiger partial charge >= 0.3 is 0 Å². The van der Waals surface area contributed by atoms with Crippen LogP contribution in [-0.2, 0) is 9.47 Å². The highest BCUT2D eigenvalue weighted by atomic mass is 16.5. The molecule has 0 saturated carbocycles. The van der Waals surface area contributed by atoms with E-state index in [0.717, 1.165) is 39.0 Å². The molecule has 0 radical (unpaired) electrons. The largest absolute Gasteiger partial charge is 0.385 e. The highest BCUT2D eigenvalue weighted by Gasteiger charge is 2.22. The monoisotopic (exact) mass is 229 g/mol. The highest BCUT2D eigenvalue weighted by Crippen LogP contribution is 2.20. The third kappa shape index (κ3) is 5.28. The predicted molar refractivity (Wildman–Crippen MR) is 66.7 cm³/mol. The van der Waals surface area contributed by atoms with E-state index in [9.17, 15) is 0 Å². The Balaban J connectivity index is 2.21. The summed E-state index contributed by atoms with van der Waals surface area (Å²) in [5.41, 5.74) is 0.317. The number of hydrogen-bond acceptors (Lipinski definition) is 3. The third-order valence-electron chi connectivity index (χ3n) is 3.34. The Morgan fingerprint density at radius 1 is 1.44 bits per heavy atom. The molecule has 2 atom stereocenters. The first-order valence-corrected chi connectivity index (χ1v) is 6.37. The summed E-state index contributed by atoms with van der Waals surface area (Å²) in [4.78, 5) is 0. The minimum Gasteiger partial charge on any atom is -0.385 e. The molecule has 16 heavy (non-hydrogen) atoms. The first-order valence-electron chi connectivity index (χ1n) is 6.37. The first-order chi connectivity index (χ1) is 7.53. The summed E-state index contributed by atoms with van der Waals surface area (Å²) in [6.45, 7) is 9.55. The molecular formula is C13H27NO2. The number of ether oxygens (including phenoxy) is 2. The smallest absolute Gasteiger partial charge is 0.0561 e. The molecule has 96 valence electrons. The van der Waals surface area contributed by atoms with E-state index in [4.69, 9.17) is 9.47 Å². The van der Waals surface area contributed by atoms with Crippen molar-refractivity contribution in [2.45, 2.75) is 52.2 Å². The molecule has 1 aliphatic heterocycles. The van der Waals surface area contributed by atoms with Crippen LogP contribution in [0.5, 0.6) is 0 Å². The van der Waals surface area contributed by atoms with Crippen molar-refractivity contribution in [3.63, 3.8) is 0 Å². The minimum atomic E-state index is 0.317. The lowest BCUT2D eigenvalue weighted by atomic mass is 9.89. The van der Waals surface area contributed by atoms with Crippen molar-refractivity contribution in [1.29, 1.82) is 0 Å². The Morgan fingerprint density at radius 2 is 2.19 bits per heavy atom. The van der Waals surface area contributed by atoms with Crippen LogP contribution in [0.15, 0.2) is 0 Å². The molecule has 0 aromatic carbocycles. The Morgan fingerprint density at radius 3 is 2.81 bits per heavy atom. The van der Waals surface area contributed by atoms with Crippen molar-refractivity contribution >= 4 is 0 Å². The van der Waals surface area contributed by atoms with Crippen molar-refractivity contribution in [3.8, 4) is 0 Å². The predicted octanol–water partition coefficient (Wildman–Crippen LogP) is 2.21. The molecule has 1 rings (SSSR count). The van der Waals surface area contributed by atoms with Gasteiger partial charge in [0.2, 0.25) is 0 Å². The van der Waals surface area contributed by atoms with Crippen LogP contribution in [-0.4, -0.2) is 39.0 Å². The van der Waals surface area contributed by atoms with Crippen molar-refractivity contribution in [2.24, 2.45) is 5.41 Å². The van der Waals surface area contributed by atoms with Gasteiger partial charge in [-0.2, -0.15) is 0 Å². The number of methoxy groups -OCH3 is 1. The Labute approximate surface area is 99.9 Å². The zero-order valence-corrected chi connectivity index (χ0v) is 11.2. The van der Waals surface area contributed by atoms with Gasteiger partial charge in [0.25, 0.3) is 0 Å². The topological polar surface area (TPSA) is 30.5 Å². The maximum atomic E-state index is 5.54. The van der Waals surface area contributed by atoms with E-state index < -0.39 is 0 Å². The minimum absolute atomic E-state index is 0.317. The van der Waals surface area contributed by atoms with Crippen LogP contribution in [0.4, 0.5) is 0 Å². The van der Waals surface area contributed by atoms with Crippen molar-refractivity contribution in [3.05, 3.63) is 0 Å². The molecule has 0 bridgehead atoms. The van der Waals surface area contributed by atoms with Gasteiger partial charge < -0.3 is 14.8 Å². The zero-order valence-electron chi connectivity index (χ0n) is 11.2. The average Bonchev–Trinajstić information content (AvgIpc) is 2.24. The van der Waals surface area contributed by atoms with E-state index in [1.54, 1.807) is 7.11 Å². The summed E-state index contributed by atoms with van der Waals surface area (Å²) in [5, 5.41) is 3.67. The fraction of sp³-hybridized carbons (Fsp3) is 1.00. The average molecular weight is 229 g/mol. The van der Waals surface area contributed by atoms with Gasteiger partial charge in [0.15, 0.2) is 0 Å². The molecule has 0 aromatic rings. The summed E-state index contributed by atoms with van der Waals surface area (Å²) in [6.07, 6.45) is 3.80. The van der Waals surface area contributed by atoms with Gasteiger partial charge in [-0.05, 0) is 31.6 Å². The first kappa shape index (κ1) is 13.9. The molecule has 1 fully saturated rings. The van der Waals surface area contributed by atoms with Gasteiger partial charge in [0.05, 0.1) is 6.10 Å². The Hall–Kier alpha value is -0.120. The van der Waals surface area contributed by atoms with Gasteiger partial charge in [-0.3, -0.25) is 0 Å². The summed E-state index contributed by atoms with van der Waals surface area (Å²) < 4.78 is 10.7. The third-order valence-corrected chi connectivity index (χ3v) is 3.34. The van der Waals surface area contributed by atoms with Crippen LogP contribution < -0.4 is 5.32 Å². The summed E-state index contributed by atoms with van der Waals surface area (Å²) in [7, 11) is 1.77. The second-order valence-corrected chi connectivity index (χ2v) is 5.69. The quantitative estimate of drug-likeness (QED) is 0.757. The zero-order chi connectivity index (χ0) is 12.0. The molecule has 3 nitrogen and oxygen atoms in total. The molecule has 1 N–H and O–H groups in total. The molecule has 0 spiro atoms. The van der Waals surface area contributed by atoms with Crippen LogP contribution in [0.1, 0.15) is 40.0 Å². The van der Waals surface area contributed by atoms with Gasteiger partial charge in [-0.25, -0.2) is 0 Å². The van der Waals surface area contributed by atoms with Crippen LogP contribution in [0.3, 0.4) is 0 Å². The van der Waals surface area contributed by atoms with Crippen molar-refractivity contribution in [1.82, 2.24) is 5.32 Å².